The molecule has 2 fully saturated rings. The number of piperidine rings is 1. The maximum absolute atomic E-state index is 11.5. The van der Waals surface area contributed by atoms with Gasteiger partial charge in [0.1, 0.15) is 0 Å². The Bertz CT molecular complexity index is 806. The molecule has 0 bridgehead atoms. The van der Waals surface area contributed by atoms with Crippen molar-refractivity contribution in [3.05, 3.63) is 35.4 Å². The van der Waals surface area contributed by atoms with Gasteiger partial charge >= 0.3 is 6.09 Å². The lowest BCUT2D eigenvalue weighted by Crippen LogP contribution is -2.60. The molecule has 142 valence electrons. The minimum absolute atomic E-state index is 0.102. The van der Waals surface area contributed by atoms with Crippen molar-refractivity contribution in [3.63, 3.8) is 0 Å². The van der Waals surface area contributed by atoms with Crippen molar-refractivity contribution in [1.29, 1.82) is 0 Å². The number of hydrogen-bond acceptors (Lipinski definition) is 5. The lowest BCUT2D eigenvalue weighted by atomic mass is 10.1. The maximum Gasteiger partial charge on any atom is 0.407 e. The summed E-state index contributed by atoms with van der Waals surface area (Å²) >= 11 is 0. The van der Waals surface area contributed by atoms with Gasteiger partial charge in [0.2, 0.25) is 5.84 Å². The van der Waals surface area contributed by atoms with Gasteiger partial charge in [0.05, 0.1) is 6.54 Å². The van der Waals surface area contributed by atoms with Crippen LogP contribution in [0.5, 0.6) is 0 Å². The van der Waals surface area contributed by atoms with Gasteiger partial charge in [-0.15, -0.1) is 5.10 Å². The van der Waals surface area contributed by atoms with E-state index in [9.17, 15) is 9.90 Å². The van der Waals surface area contributed by atoms with Crippen molar-refractivity contribution in [2.24, 2.45) is 5.10 Å². The molecule has 3 aliphatic heterocycles. The molecular weight excluding hydrogens is 342 g/mol. The molecule has 1 aromatic carbocycles. The van der Waals surface area contributed by atoms with E-state index >= 15 is 0 Å². The van der Waals surface area contributed by atoms with Crippen LogP contribution in [-0.2, 0) is 0 Å². The quantitative estimate of drug-likeness (QED) is 0.770. The third kappa shape index (κ3) is 3.71. The summed E-state index contributed by atoms with van der Waals surface area (Å²) in [6, 6.07) is 8.12. The third-order valence-corrected chi connectivity index (χ3v) is 5.32. The van der Waals surface area contributed by atoms with Crippen molar-refractivity contribution in [3.8, 4) is 11.8 Å². The molecule has 1 aromatic rings. The lowest BCUT2D eigenvalue weighted by Gasteiger charge is -2.43. The number of hydrazine groups is 1. The molecule has 0 aromatic heterocycles. The monoisotopic (exact) mass is 367 g/mol. The molecule has 0 spiro atoms. The van der Waals surface area contributed by atoms with E-state index in [0.29, 0.717) is 19.6 Å². The first-order valence-corrected chi connectivity index (χ1v) is 9.58. The smallest absolute Gasteiger partial charge is 0.407 e. The fourth-order valence-electron chi connectivity index (χ4n) is 3.89. The molecule has 2 saturated heterocycles. The van der Waals surface area contributed by atoms with Crippen molar-refractivity contribution >= 4 is 11.9 Å². The van der Waals surface area contributed by atoms with Crippen LogP contribution in [0.25, 0.3) is 0 Å². The largest absolute Gasteiger partial charge is 0.465 e. The fraction of sp³-hybridized carbons (Fsp3) is 0.500. The Morgan fingerprint density at radius 2 is 1.96 bits per heavy atom. The van der Waals surface area contributed by atoms with E-state index in [1.54, 1.807) is 0 Å². The highest BCUT2D eigenvalue weighted by atomic mass is 16.4. The number of amidine groups is 1. The summed E-state index contributed by atoms with van der Waals surface area (Å²) in [5.41, 5.74) is 2.15. The van der Waals surface area contributed by atoms with Crippen molar-refractivity contribution in [1.82, 2.24) is 19.9 Å². The number of benzene rings is 1. The Labute approximate surface area is 159 Å². The topological polar surface area (TPSA) is 62.6 Å². The number of hydrazone groups is 1. The highest BCUT2D eigenvalue weighted by molar-refractivity contribution is 6.00. The van der Waals surface area contributed by atoms with Gasteiger partial charge in [-0.1, -0.05) is 24.5 Å². The highest BCUT2D eigenvalue weighted by Gasteiger charge is 2.41. The van der Waals surface area contributed by atoms with Crippen LogP contribution in [0.4, 0.5) is 4.79 Å². The first-order valence-electron chi connectivity index (χ1n) is 9.58. The summed E-state index contributed by atoms with van der Waals surface area (Å²) in [6.45, 7) is 5.48. The number of piperazine rings is 1. The second-order valence-corrected chi connectivity index (χ2v) is 7.28. The molecule has 0 radical (unpaired) electrons. The van der Waals surface area contributed by atoms with E-state index in [1.165, 1.54) is 16.9 Å². The Morgan fingerprint density at radius 1 is 1.15 bits per heavy atom. The molecule has 3 aliphatic rings. The van der Waals surface area contributed by atoms with Gasteiger partial charge < -0.3 is 14.9 Å². The van der Waals surface area contributed by atoms with Crippen LogP contribution >= 0.6 is 0 Å². The van der Waals surface area contributed by atoms with Crippen molar-refractivity contribution in [2.75, 3.05) is 32.7 Å². The first kappa shape index (κ1) is 17.7. The zero-order chi connectivity index (χ0) is 18.8. The van der Waals surface area contributed by atoms with Crippen LogP contribution in [0, 0.1) is 18.8 Å². The predicted octanol–water partition coefficient (Wildman–Crippen LogP) is 2.00. The van der Waals surface area contributed by atoms with Gasteiger partial charge in [-0.2, -0.15) is 5.12 Å². The molecule has 1 N–H and O–H groups in total. The number of rotatable bonds is 1. The van der Waals surface area contributed by atoms with Crippen molar-refractivity contribution in [2.45, 2.75) is 32.4 Å². The van der Waals surface area contributed by atoms with Gasteiger partial charge in [-0.3, -0.25) is 0 Å². The number of amides is 1. The normalized spacial score (nSPS) is 22.8. The zero-order valence-corrected chi connectivity index (χ0v) is 15.6. The average molecular weight is 367 g/mol. The van der Waals surface area contributed by atoms with E-state index in [2.05, 4.69) is 40.8 Å². The summed E-state index contributed by atoms with van der Waals surface area (Å²) in [7, 11) is 0. The van der Waals surface area contributed by atoms with Crippen LogP contribution in [0.15, 0.2) is 29.4 Å². The Morgan fingerprint density at radius 3 is 2.70 bits per heavy atom. The predicted molar refractivity (Wildman–Crippen MR) is 103 cm³/mol. The molecule has 7 nitrogen and oxygen atoms in total. The number of hydrogen-bond donors (Lipinski definition) is 1. The third-order valence-electron chi connectivity index (χ3n) is 5.32. The number of carbonyl (C=O) groups is 1. The molecule has 0 aliphatic carbocycles. The molecule has 7 heteroatoms. The maximum atomic E-state index is 11.5. The van der Waals surface area contributed by atoms with Crippen LogP contribution in [0.2, 0.25) is 0 Å². The van der Waals surface area contributed by atoms with Crippen LogP contribution in [0.1, 0.15) is 30.4 Å². The molecule has 1 unspecified atom stereocenters. The lowest BCUT2D eigenvalue weighted by molar-refractivity contribution is -0.105. The van der Waals surface area contributed by atoms with E-state index in [0.717, 1.165) is 37.3 Å². The second-order valence-electron chi connectivity index (χ2n) is 7.28. The molecule has 0 saturated carbocycles. The van der Waals surface area contributed by atoms with Crippen LogP contribution in [-0.4, -0.2) is 75.9 Å². The fourth-order valence-corrected chi connectivity index (χ4v) is 3.89. The van der Waals surface area contributed by atoms with Crippen molar-refractivity contribution < 1.29 is 9.90 Å². The molecule has 27 heavy (non-hydrogen) atoms. The second kappa shape index (κ2) is 7.49. The summed E-state index contributed by atoms with van der Waals surface area (Å²) in [4.78, 5) is 15.1. The SMILES string of the molecule is Cc1cccc(C#CC2=NN(N3CCCCC3)C3CN(C(=O)O)CCN23)c1. The Kier molecular flexibility index (Phi) is 4.90. The summed E-state index contributed by atoms with van der Waals surface area (Å²) < 4.78 is 0. The molecular formula is C20H25N5O2. The number of aryl methyl sites for hydroxylation is 1. The minimum atomic E-state index is -0.868. The van der Waals surface area contributed by atoms with Gasteiger partial charge in [-0.25, -0.2) is 9.80 Å². The Hall–Kier alpha value is -2.72. The minimum Gasteiger partial charge on any atom is -0.465 e. The van der Waals surface area contributed by atoms with E-state index < -0.39 is 6.09 Å². The number of fused-ring (bicyclic) bond motifs is 1. The van der Waals surface area contributed by atoms with E-state index in [4.69, 9.17) is 5.10 Å². The zero-order valence-electron chi connectivity index (χ0n) is 15.6. The summed E-state index contributed by atoms with van der Waals surface area (Å²) in [5.74, 6) is 7.18. The van der Waals surface area contributed by atoms with E-state index in [1.807, 2.05) is 17.3 Å². The molecule has 4 rings (SSSR count). The molecule has 1 atom stereocenters. The van der Waals surface area contributed by atoms with Gasteiger partial charge in [0.25, 0.3) is 0 Å². The summed E-state index contributed by atoms with van der Waals surface area (Å²) in [6.07, 6.45) is 2.56. The first-order chi connectivity index (χ1) is 13.1. The number of carboxylic acid groups (broad SMARTS) is 1. The molecule has 3 heterocycles. The van der Waals surface area contributed by atoms with Gasteiger partial charge in [0.15, 0.2) is 6.17 Å². The van der Waals surface area contributed by atoms with Crippen LogP contribution in [0.3, 0.4) is 0 Å². The van der Waals surface area contributed by atoms with Crippen LogP contribution < -0.4 is 0 Å². The van der Waals surface area contributed by atoms with E-state index in [-0.39, 0.29) is 6.17 Å². The van der Waals surface area contributed by atoms with Gasteiger partial charge in [-0.05, 0) is 43.4 Å². The molecule has 1 amide bonds. The Balaban J connectivity index is 1.60. The standard InChI is InChI=1S/C20H25N5O2/c1-16-6-5-7-17(14-16)8-9-18-21-25(23-10-3-2-4-11-23)19-15-22(20(26)27)12-13-24(18)19/h5-7,14,19H,2-4,10-13,15H2,1H3,(H,26,27). The highest BCUT2D eigenvalue weighted by Crippen LogP contribution is 2.25. The number of nitrogens with zero attached hydrogens (tertiary/aromatic N) is 5. The van der Waals surface area contributed by atoms with Gasteiger partial charge in [0, 0.05) is 31.7 Å². The average Bonchev–Trinajstić information content (AvgIpc) is 3.05. The summed E-state index contributed by atoms with van der Waals surface area (Å²) in [5, 5.41) is 18.4.